The number of nitrogens with zero attached hydrogens (tertiary/aromatic N) is 1. The molecule has 0 bridgehead atoms. The number of rotatable bonds is 3. The Labute approximate surface area is 111 Å². The minimum absolute atomic E-state index is 0.0299. The molecule has 6 heteroatoms. The molecule has 1 unspecified atom stereocenters. The van der Waals surface area contributed by atoms with Gasteiger partial charge in [-0.05, 0) is 18.1 Å². The van der Waals surface area contributed by atoms with E-state index in [4.69, 9.17) is 5.73 Å². The molecule has 1 atom stereocenters. The van der Waals surface area contributed by atoms with Crippen molar-refractivity contribution in [2.75, 3.05) is 25.1 Å². The van der Waals surface area contributed by atoms with E-state index in [-0.39, 0.29) is 11.9 Å². The summed E-state index contributed by atoms with van der Waals surface area (Å²) < 4.78 is 18.5. The minimum Gasteiger partial charge on any atom is -0.453 e. The van der Waals surface area contributed by atoms with E-state index >= 15 is 0 Å². The molecule has 1 heterocycles. The molecule has 1 aromatic carbocycles. The zero-order valence-corrected chi connectivity index (χ0v) is 10.9. The summed E-state index contributed by atoms with van der Waals surface area (Å²) in [6, 6.07) is 4.87. The van der Waals surface area contributed by atoms with Gasteiger partial charge < -0.3 is 20.7 Å². The Bertz CT molecular complexity index is 467. The molecule has 3 N–H and O–H groups in total. The maximum Gasteiger partial charge on any atom is 0.407 e. The van der Waals surface area contributed by atoms with E-state index in [9.17, 15) is 9.18 Å². The lowest BCUT2D eigenvalue weighted by atomic mass is 10.1. The van der Waals surface area contributed by atoms with Gasteiger partial charge in [0.1, 0.15) is 5.82 Å². The Morgan fingerprint density at radius 2 is 2.42 bits per heavy atom. The molecular formula is C13H18FN3O2. The highest BCUT2D eigenvalue weighted by atomic mass is 19.1. The van der Waals surface area contributed by atoms with Crippen LogP contribution in [0.1, 0.15) is 12.0 Å². The molecule has 1 amide bonds. The van der Waals surface area contributed by atoms with Crippen LogP contribution in [-0.4, -0.2) is 32.3 Å². The van der Waals surface area contributed by atoms with Crippen LogP contribution in [0.3, 0.4) is 0 Å². The van der Waals surface area contributed by atoms with Gasteiger partial charge in [-0.3, -0.25) is 0 Å². The average molecular weight is 267 g/mol. The summed E-state index contributed by atoms with van der Waals surface area (Å²) in [5, 5.41) is 2.73. The van der Waals surface area contributed by atoms with E-state index in [1.807, 2.05) is 11.0 Å². The van der Waals surface area contributed by atoms with Crippen molar-refractivity contribution in [2.45, 2.75) is 19.0 Å². The van der Waals surface area contributed by atoms with Gasteiger partial charge in [-0.15, -0.1) is 0 Å². The average Bonchev–Trinajstić information content (AvgIpc) is 2.86. The second-order valence-electron chi connectivity index (χ2n) is 4.52. The van der Waals surface area contributed by atoms with Crippen molar-refractivity contribution in [3.05, 3.63) is 29.6 Å². The number of hydrogen-bond acceptors (Lipinski definition) is 4. The van der Waals surface area contributed by atoms with Crippen LogP contribution in [-0.2, 0) is 11.3 Å². The van der Waals surface area contributed by atoms with Crippen molar-refractivity contribution in [2.24, 2.45) is 5.73 Å². The smallest absolute Gasteiger partial charge is 0.407 e. The summed E-state index contributed by atoms with van der Waals surface area (Å²) in [5.41, 5.74) is 6.96. The van der Waals surface area contributed by atoms with Crippen LogP contribution in [0.25, 0.3) is 0 Å². The Balaban J connectivity index is 2.10. The van der Waals surface area contributed by atoms with Crippen molar-refractivity contribution < 1.29 is 13.9 Å². The molecule has 1 aromatic rings. The number of halogens is 1. The number of benzene rings is 1. The number of para-hydroxylation sites is 1. The molecule has 0 saturated carbocycles. The van der Waals surface area contributed by atoms with E-state index in [2.05, 4.69) is 10.1 Å². The van der Waals surface area contributed by atoms with Crippen LogP contribution in [0, 0.1) is 5.82 Å². The van der Waals surface area contributed by atoms with Crippen molar-refractivity contribution in [1.29, 1.82) is 0 Å². The number of alkyl carbamates (subject to hydrolysis) is 1. The van der Waals surface area contributed by atoms with Crippen molar-refractivity contribution in [3.63, 3.8) is 0 Å². The number of ether oxygens (including phenoxy) is 1. The third-order valence-electron chi connectivity index (χ3n) is 3.30. The highest BCUT2D eigenvalue weighted by molar-refractivity contribution is 5.67. The molecule has 1 fully saturated rings. The molecule has 19 heavy (non-hydrogen) atoms. The molecule has 0 aliphatic carbocycles. The van der Waals surface area contributed by atoms with Gasteiger partial charge in [-0.1, -0.05) is 12.1 Å². The van der Waals surface area contributed by atoms with Crippen molar-refractivity contribution in [3.8, 4) is 0 Å². The molecule has 2 rings (SSSR count). The van der Waals surface area contributed by atoms with E-state index < -0.39 is 6.09 Å². The van der Waals surface area contributed by atoms with Gasteiger partial charge in [0.2, 0.25) is 0 Å². The number of nitrogens with two attached hydrogens (primary N) is 1. The predicted molar refractivity (Wildman–Crippen MR) is 70.5 cm³/mol. The number of carbonyl (C=O) groups excluding carboxylic acids is 1. The molecule has 1 aliphatic heterocycles. The van der Waals surface area contributed by atoms with Gasteiger partial charge in [0.15, 0.2) is 0 Å². The van der Waals surface area contributed by atoms with Crippen molar-refractivity contribution in [1.82, 2.24) is 5.32 Å². The SMILES string of the molecule is COC(=O)NC1CCN(c2c(F)cccc2CN)C1. The number of amides is 1. The van der Waals surface area contributed by atoms with Crippen LogP contribution in [0.5, 0.6) is 0 Å². The maximum absolute atomic E-state index is 13.9. The first-order valence-corrected chi connectivity index (χ1v) is 6.22. The Morgan fingerprint density at radius 1 is 1.63 bits per heavy atom. The number of nitrogens with one attached hydrogen (secondary N) is 1. The van der Waals surface area contributed by atoms with Gasteiger partial charge in [-0.25, -0.2) is 9.18 Å². The van der Waals surface area contributed by atoms with Gasteiger partial charge >= 0.3 is 6.09 Å². The first kappa shape index (κ1) is 13.6. The molecule has 0 radical (unpaired) electrons. The molecule has 104 valence electrons. The third kappa shape index (κ3) is 2.96. The van der Waals surface area contributed by atoms with Gasteiger partial charge in [0, 0.05) is 19.6 Å². The fraction of sp³-hybridized carbons (Fsp3) is 0.462. The summed E-state index contributed by atoms with van der Waals surface area (Å²) in [4.78, 5) is 13.1. The summed E-state index contributed by atoms with van der Waals surface area (Å²) in [6.07, 6.45) is 0.299. The molecular weight excluding hydrogens is 249 g/mol. The number of carbonyl (C=O) groups is 1. The minimum atomic E-state index is -0.459. The van der Waals surface area contributed by atoms with Crippen LogP contribution < -0.4 is 16.0 Å². The van der Waals surface area contributed by atoms with E-state index in [1.54, 1.807) is 6.07 Å². The zero-order valence-electron chi connectivity index (χ0n) is 10.9. The van der Waals surface area contributed by atoms with Gasteiger partial charge in [-0.2, -0.15) is 0 Å². The Kier molecular flexibility index (Phi) is 4.21. The largest absolute Gasteiger partial charge is 0.453 e. The summed E-state index contributed by atoms with van der Waals surface area (Å²) in [7, 11) is 1.32. The topological polar surface area (TPSA) is 67.6 Å². The fourth-order valence-electron chi connectivity index (χ4n) is 2.39. The number of methoxy groups -OCH3 is 1. The number of anilines is 1. The van der Waals surface area contributed by atoms with Gasteiger partial charge in [0.05, 0.1) is 18.8 Å². The van der Waals surface area contributed by atoms with Crippen LogP contribution in [0.15, 0.2) is 18.2 Å². The lowest BCUT2D eigenvalue weighted by Crippen LogP contribution is -2.37. The lowest BCUT2D eigenvalue weighted by molar-refractivity contribution is 0.167. The summed E-state index contributed by atoms with van der Waals surface area (Å²) in [5.74, 6) is -0.276. The molecule has 1 saturated heterocycles. The van der Waals surface area contributed by atoms with Crippen molar-refractivity contribution >= 4 is 11.8 Å². The molecule has 1 aliphatic rings. The Hall–Kier alpha value is -1.82. The normalized spacial score (nSPS) is 18.5. The van der Waals surface area contributed by atoms with Crippen LogP contribution >= 0.6 is 0 Å². The van der Waals surface area contributed by atoms with Gasteiger partial charge in [0.25, 0.3) is 0 Å². The lowest BCUT2D eigenvalue weighted by Gasteiger charge is -2.22. The zero-order chi connectivity index (χ0) is 13.8. The predicted octanol–water partition coefficient (Wildman–Crippen LogP) is 1.22. The highest BCUT2D eigenvalue weighted by Crippen LogP contribution is 2.27. The van der Waals surface area contributed by atoms with Crippen LogP contribution in [0.4, 0.5) is 14.9 Å². The maximum atomic E-state index is 13.9. The molecule has 0 spiro atoms. The third-order valence-corrected chi connectivity index (χ3v) is 3.30. The van der Waals surface area contributed by atoms with E-state index in [0.717, 1.165) is 12.0 Å². The second kappa shape index (κ2) is 5.88. The number of hydrogen-bond donors (Lipinski definition) is 2. The molecule has 5 nitrogen and oxygen atoms in total. The highest BCUT2D eigenvalue weighted by Gasteiger charge is 2.27. The second-order valence-corrected chi connectivity index (χ2v) is 4.52. The summed E-state index contributed by atoms with van der Waals surface area (Å²) in [6.45, 7) is 1.53. The van der Waals surface area contributed by atoms with Crippen LogP contribution in [0.2, 0.25) is 0 Å². The quantitative estimate of drug-likeness (QED) is 0.864. The van der Waals surface area contributed by atoms with E-state index in [1.165, 1.54) is 13.2 Å². The standard InChI is InChI=1S/C13H18FN3O2/c1-19-13(18)16-10-5-6-17(8-10)12-9(7-15)3-2-4-11(12)14/h2-4,10H,5-8,15H2,1H3,(H,16,18). The van der Waals surface area contributed by atoms with E-state index in [0.29, 0.717) is 25.3 Å². The first-order chi connectivity index (χ1) is 9.15. The first-order valence-electron chi connectivity index (χ1n) is 6.22. The fourth-order valence-corrected chi connectivity index (χ4v) is 2.39. The molecule has 0 aromatic heterocycles. The Morgan fingerprint density at radius 3 is 3.11 bits per heavy atom. The monoisotopic (exact) mass is 267 g/mol. The summed E-state index contributed by atoms with van der Waals surface area (Å²) >= 11 is 0.